The van der Waals surface area contributed by atoms with Crippen molar-refractivity contribution in [1.82, 2.24) is 15.1 Å². The molecule has 1 atom stereocenters. The maximum atomic E-state index is 11.8. The van der Waals surface area contributed by atoms with Crippen molar-refractivity contribution in [2.45, 2.75) is 32.7 Å². The van der Waals surface area contributed by atoms with Gasteiger partial charge in [0.2, 0.25) is 5.91 Å². The van der Waals surface area contributed by atoms with Gasteiger partial charge < -0.3 is 15.1 Å². The first-order chi connectivity index (χ1) is 8.16. The Bertz CT molecular complexity index is 261. The zero-order chi connectivity index (χ0) is 12.3. The number of carbonyl (C=O) groups is 1. The summed E-state index contributed by atoms with van der Waals surface area (Å²) in [6, 6.07) is 0.355. The fraction of sp³-hybridized carbons (Fsp3) is 0.923. The molecule has 0 aromatic carbocycles. The van der Waals surface area contributed by atoms with Crippen LogP contribution in [0.4, 0.5) is 0 Å². The third-order valence-corrected chi connectivity index (χ3v) is 3.89. The molecule has 0 saturated carbocycles. The summed E-state index contributed by atoms with van der Waals surface area (Å²) in [4.78, 5) is 16.4. The molecule has 1 unspecified atom stereocenters. The standard InChI is InChI=1S/C13H25N3O/c1-11(2)16-10-12(3-4-13(16)17)9-15-7-5-14-6-8-15/h11-12,14H,3-10H2,1-2H3. The highest BCUT2D eigenvalue weighted by Crippen LogP contribution is 2.20. The van der Waals surface area contributed by atoms with E-state index in [0.29, 0.717) is 17.9 Å². The van der Waals surface area contributed by atoms with Crippen LogP contribution >= 0.6 is 0 Å². The quantitative estimate of drug-likeness (QED) is 0.781. The van der Waals surface area contributed by atoms with Crippen LogP contribution in [0.15, 0.2) is 0 Å². The van der Waals surface area contributed by atoms with Crippen molar-refractivity contribution in [2.24, 2.45) is 5.92 Å². The normalized spacial score (nSPS) is 27.8. The molecule has 2 aliphatic rings. The molecule has 2 fully saturated rings. The van der Waals surface area contributed by atoms with Crippen LogP contribution in [0, 0.1) is 5.92 Å². The Morgan fingerprint density at radius 1 is 1.35 bits per heavy atom. The van der Waals surface area contributed by atoms with Gasteiger partial charge in [-0.25, -0.2) is 0 Å². The van der Waals surface area contributed by atoms with E-state index in [0.717, 1.165) is 52.1 Å². The molecule has 1 amide bonds. The van der Waals surface area contributed by atoms with Crippen LogP contribution < -0.4 is 5.32 Å². The molecule has 1 N–H and O–H groups in total. The smallest absolute Gasteiger partial charge is 0.222 e. The molecule has 0 aromatic heterocycles. The lowest BCUT2D eigenvalue weighted by Gasteiger charge is -2.38. The topological polar surface area (TPSA) is 35.6 Å². The fourth-order valence-electron chi connectivity index (χ4n) is 2.85. The Morgan fingerprint density at radius 2 is 2.06 bits per heavy atom. The van der Waals surface area contributed by atoms with Crippen LogP contribution in [-0.2, 0) is 4.79 Å². The summed E-state index contributed by atoms with van der Waals surface area (Å²) in [6.45, 7) is 10.9. The van der Waals surface area contributed by atoms with E-state index in [-0.39, 0.29) is 0 Å². The molecule has 0 radical (unpaired) electrons. The van der Waals surface area contributed by atoms with Crippen molar-refractivity contribution < 1.29 is 4.79 Å². The highest BCUT2D eigenvalue weighted by Gasteiger charge is 2.28. The maximum absolute atomic E-state index is 11.8. The minimum absolute atomic E-state index is 0.344. The number of likely N-dealkylation sites (tertiary alicyclic amines) is 1. The lowest BCUT2D eigenvalue weighted by molar-refractivity contribution is -0.137. The van der Waals surface area contributed by atoms with Crippen LogP contribution in [-0.4, -0.2) is 61.0 Å². The van der Waals surface area contributed by atoms with Crippen LogP contribution in [0.1, 0.15) is 26.7 Å². The van der Waals surface area contributed by atoms with Crippen LogP contribution in [0.5, 0.6) is 0 Å². The monoisotopic (exact) mass is 239 g/mol. The lowest BCUT2D eigenvalue weighted by Crippen LogP contribution is -2.50. The summed E-state index contributed by atoms with van der Waals surface area (Å²) in [6.07, 6.45) is 1.82. The van der Waals surface area contributed by atoms with E-state index in [1.54, 1.807) is 0 Å². The van der Waals surface area contributed by atoms with E-state index in [4.69, 9.17) is 0 Å². The fourth-order valence-corrected chi connectivity index (χ4v) is 2.85. The van der Waals surface area contributed by atoms with Crippen molar-refractivity contribution in [3.8, 4) is 0 Å². The largest absolute Gasteiger partial charge is 0.340 e. The van der Waals surface area contributed by atoms with Gasteiger partial charge >= 0.3 is 0 Å². The number of nitrogens with zero attached hydrogens (tertiary/aromatic N) is 2. The summed E-state index contributed by atoms with van der Waals surface area (Å²) in [5, 5.41) is 3.38. The Kier molecular flexibility index (Phi) is 4.40. The van der Waals surface area contributed by atoms with Crippen molar-refractivity contribution >= 4 is 5.91 Å². The predicted molar refractivity (Wildman–Crippen MR) is 68.9 cm³/mol. The molecular formula is C13H25N3O. The van der Waals surface area contributed by atoms with Crippen molar-refractivity contribution in [2.75, 3.05) is 39.3 Å². The third kappa shape index (κ3) is 3.42. The van der Waals surface area contributed by atoms with E-state index in [1.165, 1.54) is 0 Å². The van der Waals surface area contributed by atoms with Crippen LogP contribution in [0.2, 0.25) is 0 Å². The molecule has 0 aromatic rings. The number of nitrogens with one attached hydrogen (secondary N) is 1. The summed E-state index contributed by atoms with van der Waals surface area (Å²) < 4.78 is 0. The number of piperidine rings is 1. The van der Waals surface area contributed by atoms with Gasteiger partial charge in [-0.15, -0.1) is 0 Å². The van der Waals surface area contributed by atoms with Gasteiger partial charge in [-0.1, -0.05) is 0 Å². The molecule has 2 rings (SSSR count). The molecule has 2 saturated heterocycles. The molecule has 4 nitrogen and oxygen atoms in total. The summed E-state index contributed by atoms with van der Waals surface area (Å²) in [7, 11) is 0. The second-order valence-corrected chi connectivity index (χ2v) is 5.60. The number of carbonyl (C=O) groups excluding carboxylic acids is 1. The van der Waals surface area contributed by atoms with Gasteiger partial charge in [0.1, 0.15) is 0 Å². The average molecular weight is 239 g/mol. The Balaban J connectivity index is 1.83. The Hall–Kier alpha value is -0.610. The summed E-state index contributed by atoms with van der Waals surface area (Å²) >= 11 is 0. The first-order valence-corrected chi connectivity index (χ1v) is 6.89. The Morgan fingerprint density at radius 3 is 2.71 bits per heavy atom. The molecule has 0 spiro atoms. The maximum Gasteiger partial charge on any atom is 0.222 e. The summed E-state index contributed by atoms with van der Waals surface area (Å²) in [5.41, 5.74) is 0. The minimum Gasteiger partial charge on any atom is -0.340 e. The molecule has 17 heavy (non-hydrogen) atoms. The number of rotatable bonds is 3. The summed E-state index contributed by atoms with van der Waals surface area (Å²) in [5.74, 6) is 1.02. The number of hydrogen-bond donors (Lipinski definition) is 1. The van der Waals surface area contributed by atoms with Gasteiger partial charge in [0.15, 0.2) is 0 Å². The predicted octanol–water partition coefficient (Wildman–Crippen LogP) is 0.539. The highest BCUT2D eigenvalue weighted by atomic mass is 16.2. The second-order valence-electron chi connectivity index (χ2n) is 5.60. The first kappa shape index (κ1) is 12.8. The molecule has 0 bridgehead atoms. The van der Waals surface area contributed by atoms with Crippen molar-refractivity contribution in [1.29, 1.82) is 0 Å². The van der Waals surface area contributed by atoms with Crippen molar-refractivity contribution in [3.63, 3.8) is 0 Å². The average Bonchev–Trinajstić information content (AvgIpc) is 2.32. The number of piperazine rings is 1. The van der Waals surface area contributed by atoms with Gasteiger partial charge in [0, 0.05) is 51.7 Å². The number of hydrogen-bond acceptors (Lipinski definition) is 3. The molecule has 2 heterocycles. The van der Waals surface area contributed by atoms with Gasteiger partial charge in [-0.2, -0.15) is 0 Å². The van der Waals surface area contributed by atoms with Gasteiger partial charge in [-0.3, -0.25) is 4.79 Å². The molecular weight excluding hydrogens is 214 g/mol. The first-order valence-electron chi connectivity index (χ1n) is 6.89. The lowest BCUT2D eigenvalue weighted by atomic mass is 9.95. The van der Waals surface area contributed by atoms with Crippen LogP contribution in [0.25, 0.3) is 0 Å². The molecule has 4 heteroatoms. The minimum atomic E-state index is 0.344. The zero-order valence-electron chi connectivity index (χ0n) is 11.1. The van der Waals surface area contributed by atoms with Gasteiger partial charge in [0.25, 0.3) is 0 Å². The van der Waals surface area contributed by atoms with E-state index in [2.05, 4.69) is 29.0 Å². The van der Waals surface area contributed by atoms with Gasteiger partial charge in [-0.05, 0) is 26.2 Å². The van der Waals surface area contributed by atoms with E-state index in [9.17, 15) is 4.79 Å². The zero-order valence-corrected chi connectivity index (χ0v) is 11.1. The van der Waals surface area contributed by atoms with E-state index >= 15 is 0 Å². The van der Waals surface area contributed by atoms with Gasteiger partial charge in [0.05, 0.1) is 0 Å². The molecule has 0 aliphatic carbocycles. The third-order valence-electron chi connectivity index (χ3n) is 3.89. The highest BCUT2D eigenvalue weighted by molar-refractivity contribution is 5.77. The molecule has 2 aliphatic heterocycles. The SMILES string of the molecule is CC(C)N1CC(CN2CCNCC2)CCC1=O. The van der Waals surface area contributed by atoms with E-state index in [1.807, 2.05) is 0 Å². The second kappa shape index (κ2) is 5.83. The number of amides is 1. The Labute approximate surface area is 104 Å². The van der Waals surface area contributed by atoms with E-state index < -0.39 is 0 Å². The van der Waals surface area contributed by atoms with Crippen molar-refractivity contribution in [3.05, 3.63) is 0 Å². The molecule has 98 valence electrons. The van der Waals surface area contributed by atoms with Crippen LogP contribution in [0.3, 0.4) is 0 Å².